The number of ether oxygens (including phenoxy) is 2. The Balaban J connectivity index is 1.66. The molecule has 1 fully saturated rings. The highest BCUT2D eigenvalue weighted by molar-refractivity contribution is 8.27. The SMILES string of the molecule is CCCOc1ccc(/C=C2/SC(=S)N(c3cccc4ccccc34)C2=O)cc1OC. The topological polar surface area (TPSA) is 38.8 Å². The number of amides is 1. The average molecular weight is 436 g/mol. The van der Waals surface area contributed by atoms with Crippen molar-refractivity contribution in [3.8, 4) is 11.5 Å². The molecule has 1 amide bonds. The van der Waals surface area contributed by atoms with Gasteiger partial charge in [-0.1, -0.05) is 73.4 Å². The molecular formula is C24H21NO3S2. The fraction of sp³-hybridized carbons (Fsp3) is 0.167. The number of hydrogen-bond acceptors (Lipinski definition) is 5. The number of anilines is 1. The van der Waals surface area contributed by atoms with E-state index in [9.17, 15) is 4.79 Å². The highest BCUT2D eigenvalue weighted by Crippen LogP contribution is 2.39. The van der Waals surface area contributed by atoms with Crippen molar-refractivity contribution < 1.29 is 14.3 Å². The van der Waals surface area contributed by atoms with E-state index < -0.39 is 0 Å². The molecule has 152 valence electrons. The maximum atomic E-state index is 13.2. The van der Waals surface area contributed by atoms with Gasteiger partial charge in [0.2, 0.25) is 0 Å². The maximum absolute atomic E-state index is 13.2. The molecule has 1 heterocycles. The van der Waals surface area contributed by atoms with Crippen LogP contribution >= 0.6 is 24.0 Å². The van der Waals surface area contributed by atoms with E-state index in [2.05, 4.69) is 6.92 Å². The number of fused-ring (bicyclic) bond motifs is 1. The van der Waals surface area contributed by atoms with Crippen LogP contribution in [-0.2, 0) is 4.79 Å². The van der Waals surface area contributed by atoms with Gasteiger partial charge in [-0.15, -0.1) is 0 Å². The van der Waals surface area contributed by atoms with Crippen molar-refractivity contribution in [2.45, 2.75) is 13.3 Å². The molecule has 3 aromatic rings. The summed E-state index contributed by atoms with van der Waals surface area (Å²) in [5.41, 5.74) is 1.66. The summed E-state index contributed by atoms with van der Waals surface area (Å²) in [6, 6.07) is 19.5. The lowest BCUT2D eigenvalue weighted by molar-refractivity contribution is -0.113. The van der Waals surface area contributed by atoms with Gasteiger partial charge in [0.15, 0.2) is 15.8 Å². The van der Waals surface area contributed by atoms with Gasteiger partial charge in [-0.3, -0.25) is 9.69 Å². The summed E-state index contributed by atoms with van der Waals surface area (Å²) < 4.78 is 11.7. The lowest BCUT2D eigenvalue weighted by Gasteiger charge is -2.17. The Morgan fingerprint density at radius 3 is 2.67 bits per heavy atom. The Morgan fingerprint density at radius 2 is 1.87 bits per heavy atom. The lowest BCUT2D eigenvalue weighted by Crippen LogP contribution is -2.27. The maximum Gasteiger partial charge on any atom is 0.270 e. The van der Waals surface area contributed by atoms with E-state index in [-0.39, 0.29) is 5.91 Å². The van der Waals surface area contributed by atoms with E-state index in [0.29, 0.717) is 27.3 Å². The summed E-state index contributed by atoms with van der Waals surface area (Å²) >= 11 is 6.86. The molecule has 0 aromatic heterocycles. The molecule has 1 aliphatic heterocycles. The summed E-state index contributed by atoms with van der Waals surface area (Å²) in [7, 11) is 1.61. The van der Waals surface area contributed by atoms with E-state index in [1.807, 2.05) is 66.7 Å². The van der Waals surface area contributed by atoms with Crippen molar-refractivity contribution in [1.29, 1.82) is 0 Å². The minimum atomic E-state index is -0.119. The lowest BCUT2D eigenvalue weighted by atomic mass is 10.1. The van der Waals surface area contributed by atoms with Crippen molar-refractivity contribution in [2.24, 2.45) is 0 Å². The number of carbonyl (C=O) groups excluding carboxylic acids is 1. The molecule has 0 atom stereocenters. The Kier molecular flexibility index (Phi) is 6.06. The molecule has 1 saturated heterocycles. The molecular weight excluding hydrogens is 414 g/mol. The molecule has 1 aliphatic rings. The van der Waals surface area contributed by atoms with Crippen molar-refractivity contribution in [2.75, 3.05) is 18.6 Å². The standard InChI is InChI=1S/C24H21NO3S2/c1-3-13-28-20-12-11-16(14-21(20)27-2)15-22-23(26)25(24(29)30-22)19-10-6-8-17-7-4-5-9-18(17)19/h4-12,14-15H,3,13H2,1-2H3/b22-15+. The molecule has 0 N–H and O–H groups in total. The van der Waals surface area contributed by atoms with Crippen LogP contribution in [0.4, 0.5) is 5.69 Å². The molecule has 4 rings (SSSR count). The van der Waals surface area contributed by atoms with Gasteiger partial charge in [-0.25, -0.2) is 0 Å². The smallest absolute Gasteiger partial charge is 0.270 e. The number of carbonyl (C=O) groups is 1. The van der Waals surface area contributed by atoms with Crippen molar-refractivity contribution >= 4 is 56.7 Å². The highest BCUT2D eigenvalue weighted by Gasteiger charge is 2.34. The van der Waals surface area contributed by atoms with Crippen LogP contribution in [0.1, 0.15) is 18.9 Å². The zero-order valence-corrected chi connectivity index (χ0v) is 18.4. The zero-order chi connectivity index (χ0) is 21.1. The van der Waals surface area contributed by atoms with Crippen molar-refractivity contribution in [3.05, 3.63) is 71.1 Å². The Morgan fingerprint density at radius 1 is 1.07 bits per heavy atom. The van der Waals surface area contributed by atoms with Gasteiger partial charge in [-0.2, -0.15) is 0 Å². The Hall–Kier alpha value is -2.83. The second-order valence-electron chi connectivity index (χ2n) is 6.77. The summed E-state index contributed by atoms with van der Waals surface area (Å²) in [4.78, 5) is 15.4. The molecule has 0 radical (unpaired) electrons. The molecule has 0 aliphatic carbocycles. The first-order valence-electron chi connectivity index (χ1n) is 9.69. The third kappa shape index (κ3) is 3.93. The second kappa shape index (κ2) is 8.90. The number of rotatable bonds is 6. The highest BCUT2D eigenvalue weighted by atomic mass is 32.2. The first-order valence-corrected chi connectivity index (χ1v) is 10.9. The number of methoxy groups -OCH3 is 1. The molecule has 0 saturated carbocycles. The number of hydrogen-bond donors (Lipinski definition) is 0. The summed E-state index contributed by atoms with van der Waals surface area (Å²) in [6.07, 6.45) is 2.76. The van der Waals surface area contributed by atoms with E-state index >= 15 is 0 Å². The van der Waals surface area contributed by atoms with E-state index in [4.69, 9.17) is 21.7 Å². The van der Waals surface area contributed by atoms with Gasteiger partial charge < -0.3 is 9.47 Å². The van der Waals surface area contributed by atoms with Crippen LogP contribution in [0.15, 0.2) is 65.6 Å². The van der Waals surface area contributed by atoms with E-state index in [0.717, 1.165) is 28.4 Å². The molecule has 0 bridgehead atoms. The molecule has 3 aromatic carbocycles. The largest absolute Gasteiger partial charge is 0.493 e. The average Bonchev–Trinajstić information content (AvgIpc) is 3.05. The van der Waals surface area contributed by atoms with Crippen LogP contribution in [0.25, 0.3) is 16.8 Å². The Labute approximate surface area is 185 Å². The van der Waals surface area contributed by atoms with Gasteiger partial charge in [0.1, 0.15) is 0 Å². The van der Waals surface area contributed by atoms with Crippen LogP contribution in [0.3, 0.4) is 0 Å². The number of benzene rings is 3. The van der Waals surface area contributed by atoms with Crippen molar-refractivity contribution in [3.63, 3.8) is 0 Å². The molecule has 30 heavy (non-hydrogen) atoms. The monoisotopic (exact) mass is 435 g/mol. The fourth-order valence-electron chi connectivity index (χ4n) is 3.34. The van der Waals surface area contributed by atoms with Gasteiger partial charge in [0.25, 0.3) is 5.91 Å². The summed E-state index contributed by atoms with van der Waals surface area (Å²) in [5.74, 6) is 1.22. The third-order valence-electron chi connectivity index (χ3n) is 4.75. The van der Waals surface area contributed by atoms with Crippen molar-refractivity contribution in [1.82, 2.24) is 0 Å². The van der Waals surface area contributed by atoms with Crippen LogP contribution in [0, 0.1) is 0 Å². The molecule has 4 nitrogen and oxygen atoms in total. The molecule has 6 heteroatoms. The second-order valence-corrected chi connectivity index (χ2v) is 8.45. The Bertz CT molecular complexity index is 1150. The van der Waals surface area contributed by atoms with E-state index in [1.165, 1.54) is 11.8 Å². The van der Waals surface area contributed by atoms with Crippen LogP contribution < -0.4 is 14.4 Å². The predicted molar refractivity (Wildman–Crippen MR) is 128 cm³/mol. The molecule has 0 spiro atoms. The zero-order valence-electron chi connectivity index (χ0n) is 16.8. The summed E-state index contributed by atoms with van der Waals surface area (Å²) in [6.45, 7) is 2.68. The number of nitrogens with zero attached hydrogens (tertiary/aromatic N) is 1. The minimum Gasteiger partial charge on any atom is -0.493 e. The number of thioether (sulfide) groups is 1. The molecule has 0 unspecified atom stereocenters. The quantitative estimate of drug-likeness (QED) is 0.348. The normalized spacial score (nSPS) is 15.3. The first kappa shape index (κ1) is 20.4. The van der Waals surface area contributed by atoms with Gasteiger partial charge in [-0.05, 0) is 41.6 Å². The third-order valence-corrected chi connectivity index (χ3v) is 6.05. The van der Waals surface area contributed by atoms with Crippen LogP contribution in [0.5, 0.6) is 11.5 Å². The van der Waals surface area contributed by atoms with Gasteiger partial charge in [0.05, 0.1) is 24.3 Å². The minimum absolute atomic E-state index is 0.119. The van der Waals surface area contributed by atoms with Gasteiger partial charge in [0, 0.05) is 5.39 Å². The van der Waals surface area contributed by atoms with E-state index in [1.54, 1.807) is 12.0 Å². The number of thiocarbonyl (C=S) groups is 1. The van der Waals surface area contributed by atoms with Gasteiger partial charge >= 0.3 is 0 Å². The van der Waals surface area contributed by atoms with Crippen LogP contribution in [-0.4, -0.2) is 23.9 Å². The summed E-state index contributed by atoms with van der Waals surface area (Å²) in [5, 5.41) is 2.07. The predicted octanol–water partition coefficient (Wildman–Crippen LogP) is 6.04. The fourth-order valence-corrected chi connectivity index (χ4v) is 4.62. The van der Waals surface area contributed by atoms with Crippen LogP contribution in [0.2, 0.25) is 0 Å². The first-order chi connectivity index (χ1) is 14.6.